The monoisotopic (exact) mass is 310 g/mol. The molecular formula is C17H18N4O2. The molecule has 118 valence electrons. The lowest BCUT2D eigenvalue weighted by Gasteiger charge is -2.22. The van der Waals surface area contributed by atoms with E-state index in [1.54, 1.807) is 7.11 Å². The number of rotatable bonds is 2. The molecule has 6 heteroatoms. The first-order valence-corrected chi connectivity index (χ1v) is 8.06. The Hall–Kier alpha value is -2.18. The maximum atomic E-state index is 5.88. The van der Waals surface area contributed by atoms with E-state index in [1.165, 1.54) is 6.42 Å². The fourth-order valence-corrected chi connectivity index (χ4v) is 3.79. The second kappa shape index (κ2) is 4.91. The maximum absolute atomic E-state index is 5.88. The van der Waals surface area contributed by atoms with Crippen LogP contribution in [0.2, 0.25) is 0 Å². The molecule has 1 N–H and O–H groups in total. The largest absolute Gasteiger partial charge is 0.370 e. The van der Waals surface area contributed by atoms with Crippen molar-refractivity contribution in [3.63, 3.8) is 0 Å². The van der Waals surface area contributed by atoms with Crippen molar-refractivity contribution >= 4 is 11.0 Å². The topological polar surface area (TPSA) is 65.0 Å². The summed E-state index contributed by atoms with van der Waals surface area (Å²) in [5, 5.41) is 5.96. The minimum Gasteiger partial charge on any atom is -0.370 e. The third-order valence-corrected chi connectivity index (χ3v) is 4.87. The predicted octanol–water partition coefficient (Wildman–Crippen LogP) is 3.17. The van der Waals surface area contributed by atoms with E-state index in [0.29, 0.717) is 0 Å². The molecule has 1 aliphatic heterocycles. The zero-order valence-electron chi connectivity index (χ0n) is 13.0. The molecule has 5 rings (SSSR count). The highest BCUT2D eigenvalue weighted by molar-refractivity contribution is 5.98. The van der Waals surface area contributed by atoms with E-state index < -0.39 is 0 Å². The van der Waals surface area contributed by atoms with Crippen LogP contribution < -0.4 is 0 Å². The fraction of sp³-hybridized carbons (Fsp3) is 0.412. The Morgan fingerprint density at radius 3 is 3.13 bits per heavy atom. The Morgan fingerprint density at radius 1 is 1.35 bits per heavy atom. The molecule has 0 aromatic carbocycles. The van der Waals surface area contributed by atoms with Gasteiger partial charge in [-0.2, -0.15) is 5.10 Å². The van der Waals surface area contributed by atoms with Gasteiger partial charge in [-0.25, -0.2) is 9.67 Å². The summed E-state index contributed by atoms with van der Waals surface area (Å²) in [4.78, 5) is 7.66. The fourth-order valence-electron chi connectivity index (χ4n) is 3.79. The van der Waals surface area contributed by atoms with Gasteiger partial charge in [0, 0.05) is 48.8 Å². The van der Waals surface area contributed by atoms with Crippen LogP contribution in [0.5, 0.6) is 0 Å². The van der Waals surface area contributed by atoms with Crippen LogP contribution in [0.15, 0.2) is 24.7 Å². The molecule has 6 nitrogen and oxygen atoms in total. The van der Waals surface area contributed by atoms with E-state index in [1.807, 2.05) is 17.1 Å². The second-order valence-corrected chi connectivity index (χ2v) is 6.17. The molecule has 3 aromatic rings. The summed E-state index contributed by atoms with van der Waals surface area (Å²) in [6, 6.07) is 2.05. The van der Waals surface area contributed by atoms with Gasteiger partial charge in [-0.1, -0.05) is 0 Å². The smallest absolute Gasteiger partial charge is 0.150 e. The van der Waals surface area contributed by atoms with Gasteiger partial charge in [-0.3, -0.25) is 0 Å². The molecule has 2 atom stereocenters. The van der Waals surface area contributed by atoms with Crippen LogP contribution in [-0.4, -0.2) is 33.5 Å². The lowest BCUT2D eigenvalue weighted by Crippen LogP contribution is -2.19. The van der Waals surface area contributed by atoms with E-state index in [9.17, 15) is 0 Å². The van der Waals surface area contributed by atoms with Crippen molar-refractivity contribution in [1.29, 1.82) is 0 Å². The lowest BCUT2D eigenvalue weighted by atomic mass is 9.90. The Morgan fingerprint density at radius 2 is 2.30 bits per heavy atom. The van der Waals surface area contributed by atoms with Crippen LogP contribution in [0.25, 0.3) is 22.2 Å². The van der Waals surface area contributed by atoms with E-state index in [0.717, 1.165) is 52.9 Å². The van der Waals surface area contributed by atoms with Gasteiger partial charge < -0.3 is 14.5 Å². The third-order valence-electron chi connectivity index (χ3n) is 4.87. The zero-order valence-corrected chi connectivity index (χ0v) is 13.0. The molecule has 0 bridgehead atoms. The Balaban J connectivity index is 1.71. The van der Waals surface area contributed by atoms with Crippen molar-refractivity contribution in [2.45, 2.75) is 31.6 Å². The minimum atomic E-state index is -0.166. The van der Waals surface area contributed by atoms with Gasteiger partial charge in [0.15, 0.2) is 0 Å². The summed E-state index contributed by atoms with van der Waals surface area (Å²) in [7, 11) is 1.73. The maximum Gasteiger partial charge on any atom is 0.150 e. The number of nitrogens with zero attached hydrogens (tertiary/aromatic N) is 3. The van der Waals surface area contributed by atoms with Crippen LogP contribution in [0.4, 0.5) is 0 Å². The molecule has 23 heavy (non-hydrogen) atoms. The van der Waals surface area contributed by atoms with E-state index >= 15 is 0 Å². The standard InChI is InChI=1S/C17H18N4O2/c1-22-16-11-8-19-17-14(11)10(5-6-18-17)12-9-21(20-15(12)16)13-4-2-3-7-23-13/h5-6,8-9,13,16H,2-4,7H2,1H3,(H,18,19). The summed E-state index contributed by atoms with van der Waals surface area (Å²) >= 11 is 0. The van der Waals surface area contributed by atoms with Gasteiger partial charge in [0.2, 0.25) is 0 Å². The number of H-pyrrole nitrogens is 1. The Bertz CT molecular complexity index is 876. The average Bonchev–Trinajstić information content (AvgIpc) is 3.22. The van der Waals surface area contributed by atoms with E-state index in [2.05, 4.69) is 22.2 Å². The summed E-state index contributed by atoms with van der Waals surface area (Å²) < 4.78 is 13.6. The number of hydrogen-bond donors (Lipinski definition) is 1. The van der Waals surface area contributed by atoms with Crippen molar-refractivity contribution in [2.24, 2.45) is 0 Å². The first kappa shape index (κ1) is 13.3. The number of nitrogens with one attached hydrogen (secondary N) is 1. The molecule has 0 amide bonds. The molecule has 0 spiro atoms. The first-order valence-electron chi connectivity index (χ1n) is 8.06. The SMILES string of the molecule is COC1c2nn(C3CCCCO3)cc2-c2ccnc3[nH]cc1c23. The quantitative estimate of drug-likeness (QED) is 0.789. The number of fused-ring (bicyclic) bond motifs is 2. The summed E-state index contributed by atoms with van der Waals surface area (Å²) in [6.07, 6.45) is 9.11. The highest BCUT2D eigenvalue weighted by Crippen LogP contribution is 2.45. The molecule has 1 aliphatic carbocycles. The number of methoxy groups -OCH3 is 1. The summed E-state index contributed by atoms with van der Waals surface area (Å²) in [5.41, 5.74) is 5.24. The molecule has 0 saturated carbocycles. The Labute approximate surface area is 133 Å². The lowest BCUT2D eigenvalue weighted by molar-refractivity contribution is -0.0400. The predicted molar refractivity (Wildman–Crippen MR) is 85.0 cm³/mol. The normalized spacial score (nSPS) is 23.2. The molecule has 0 radical (unpaired) electrons. The van der Waals surface area contributed by atoms with Gasteiger partial charge in [-0.15, -0.1) is 0 Å². The van der Waals surface area contributed by atoms with Crippen molar-refractivity contribution in [3.8, 4) is 11.1 Å². The van der Waals surface area contributed by atoms with Crippen LogP contribution >= 0.6 is 0 Å². The highest BCUT2D eigenvalue weighted by Gasteiger charge is 2.32. The van der Waals surface area contributed by atoms with E-state index in [-0.39, 0.29) is 12.3 Å². The molecular weight excluding hydrogens is 292 g/mol. The molecule has 3 aromatic heterocycles. The van der Waals surface area contributed by atoms with Crippen LogP contribution in [0.1, 0.15) is 42.9 Å². The van der Waals surface area contributed by atoms with Gasteiger partial charge in [0.05, 0.1) is 0 Å². The molecule has 2 aliphatic rings. The summed E-state index contributed by atoms with van der Waals surface area (Å²) in [5.74, 6) is 0. The number of ether oxygens (including phenoxy) is 2. The number of pyridine rings is 1. The van der Waals surface area contributed by atoms with Gasteiger partial charge >= 0.3 is 0 Å². The first-order chi connectivity index (χ1) is 11.4. The molecule has 4 heterocycles. The summed E-state index contributed by atoms with van der Waals surface area (Å²) in [6.45, 7) is 0.808. The van der Waals surface area contributed by atoms with Gasteiger partial charge in [-0.05, 0) is 30.9 Å². The van der Waals surface area contributed by atoms with Gasteiger partial charge in [0.1, 0.15) is 23.7 Å². The van der Waals surface area contributed by atoms with Crippen molar-refractivity contribution in [1.82, 2.24) is 19.7 Å². The highest BCUT2D eigenvalue weighted by atomic mass is 16.5. The van der Waals surface area contributed by atoms with Crippen molar-refractivity contribution in [3.05, 3.63) is 35.9 Å². The number of aromatic nitrogens is 4. The average molecular weight is 310 g/mol. The zero-order chi connectivity index (χ0) is 15.4. The molecule has 1 fully saturated rings. The third kappa shape index (κ3) is 1.82. The Kier molecular flexibility index (Phi) is 2.83. The molecule has 1 saturated heterocycles. The number of aromatic amines is 1. The minimum absolute atomic E-state index is 0.0325. The van der Waals surface area contributed by atoms with Crippen LogP contribution in [0.3, 0.4) is 0 Å². The van der Waals surface area contributed by atoms with Crippen molar-refractivity contribution in [2.75, 3.05) is 13.7 Å². The molecule has 2 unspecified atom stereocenters. The van der Waals surface area contributed by atoms with Crippen molar-refractivity contribution < 1.29 is 9.47 Å². The van der Waals surface area contributed by atoms with Crippen LogP contribution in [-0.2, 0) is 9.47 Å². The van der Waals surface area contributed by atoms with Crippen LogP contribution in [0, 0.1) is 0 Å². The van der Waals surface area contributed by atoms with E-state index in [4.69, 9.17) is 14.6 Å². The second-order valence-electron chi connectivity index (χ2n) is 6.17. The number of hydrogen-bond acceptors (Lipinski definition) is 4. The van der Waals surface area contributed by atoms with Gasteiger partial charge in [0.25, 0.3) is 0 Å².